The molecular formula is C29H36N4O. The third kappa shape index (κ3) is 3.86. The van der Waals surface area contributed by atoms with Gasteiger partial charge >= 0.3 is 0 Å². The maximum atomic E-state index is 13.8. The van der Waals surface area contributed by atoms with E-state index in [0.717, 1.165) is 58.4 Å². The summed E-state index contributed by atoms with van der Waals surface area (Å²) in [5.74, 6) is 0.127. The highest BCUT2D eigenvalue weighted by molar-refractivity contribution is 6.20. The molecule has 1 aromatic heterocycles. The van der Waals surface area contributed by atoms with Gasteiger partial charge in [0, 0.05) is 59.6 Å². The molecule has 2 aliphatic rings. The molecule has 0 unspecified atom stereocenters. The van der Waals surface area contributed by atoms with E-state index >= 15 is 0 Å². The monoisotopic (exact) mass is 456 g/mol. The van der Waals surface area contributed by atoms with E-state index < -0.39 is 0 Å². The SMILES string of the molecule is CCc1cc2c(cc1NCCN1CCCCC1)C(C)(C)c1[nH]c3cc(C=NC)ccc3c1C2=O. The number of hydrogen-bond acceptors (Lipinski definition) is 4. The van der Waals surface area contributed by atoms with Gasteiger partial charge in [0.05, 0.1) is 5.56 Å². The van der Waals surface area contributed by atoms with E-state index in [1.54, 1.807) is 7.05 Å². The number of ketones is 1. The maximum Gasteiger partial charge on any atom is 0.195 e. The number of carbonyl (C=O) groups is 1. The highest BCUT2D eigenvalue weighted by Gasteiger charge is 2.40. The minimum atomic E-state index is -0.299. The Morgan fingerprint density at radius 1 is 1.15 bits per heavy atom. The van der Waals surface area contributed by atoms with E-state index in [1.165, 1.54) is 43.6 Å². The number of aromatic nitrogens is 1. The summed E-state index contributed by atoms with van der Waals surface area (Å²) in [6.45, 7) is 11.0. The number of anilines is 1. The van der Waals surface area contributed by atoms with Crippen LogP contribution in [0.5, 0.6) is 0 Å². The van der Waals surface area contributed by atoms with Gasteiger partial charge in [-0.05, 0) is 67.2 Å². The third-order valence-corrected chi connectivity index (χ3v) is 7.69. The van der Waals surface area contributed by atoms with Gasteiger partial charge in [-0.3, -0.25) is 9.79 Å². The summed E-state index contributed by atoms with van der Waals surface area (Å²) in [5.41, 5.74) is 7.88. The van der Waals surface area contributed by atoms with Crippen LogP contribution in [-0.2, 0) is 11.8 Å². The Hall–Kier alpha value is -2.92. The molecule has 0 spiro atoms. The Morgan fingerprint density at radius 3 is 2.68 bits per heavy atom. The first-order valence-electron chi connectivity index (χ1n) is 12.7. The van der Waals surface area contributed by atoms with Crippen molar-refractivity contribution in [3.8, 4) is 0 Å². The van der Waals surface area contributed by atoms with Crippen LogP contribution in [-0.4, -0.2) is 55.1 Å². The number of aryl methyl sites for hydroxylation is 1. The van der Waals surface area contributed by atoms with Gasteiger partial charge in [-0.1, -0.05) is 39.3 Å². The van der Waals surface area contributed by atoms with Gasteiger partial charge in [0.15, 0.2) is 5.78 Å². The van der Waals surface area contributed by atoms with E-state index in [4.69, 9.17) is 0 Å². The minimum absolute atomic E-state index is 0.127. The van der Waals surface area contributed by atoms with Gasteiger partial charge in [0.25, 0.3) is 0 Å². The van der Waals surface area contributed by atoms with Crippen LogP contribution in [0, 0.1) is 0 Å². The number of nitrogens with zero attached hydrogens (tertiary/aromatic N) is 2. The smallest absolute Gasteiger partial charge is 0.195 e. The van der Waals surface area contributed by atoms with Crippen LogP contribution >= 0.6 is 0 Å². The lowest BCUT2D eigenvalue weighted by atomic mass is 9.70. The largest absolute Gasteiger partial charge is 0.384 e. The molecule has 0 radical (unpaired) electrons. The molecular weight excluding hydrogens is 420 g/mol. The molecule has 1 aliphatic heterocycles. The molecule has 5 heteroatoms. The average Bonchev–Trinajstić information content (AvgIpc) is 3.23. The molecule has 0 atom stereocenters. The zero-order valence-electron chi connectivity index (χ0n) is 20.9. The lowest BCUT2D eigenvalue weighted by Crippen LogP contribution is -2.34. The topological polar surface area (TPSA) is 60.5 Å². The van der Waals surface area contributed by atoms with Crippen molar-refractivity contribution in [3.63, 3.8) is 0 Å². The van der Waals surface area contributed by atoms with Crippen molar-refractivity contribution >= 4 is 28.6 Å². The molecule has 2 aromatic carbocycles. The standard InChI is InChI=1S/C29H36N4O/c1-5-20-16-22-23(17-24(20)31-11-14-33-12-7-6-8-13-33)29(2,3)28-26(27(22)34)21-10-9-19(18-30-4)15-25(21)32-28/h9-10,15-18,31-32H,5-8,11-14H2,1-4H3. The number of fused-ring (bicyclic) bond motifs is 4. The van der Waals surface area contributed by atoms with Gasteiger partial charge in [-0.2, -0.15) is 0 Å². The summed E-state index contributed by atoms with van der Waals surface area (Å²) < 4.78 is 0. The molecule has 1 saturated heterocycles. The van der Waals surface area contributed by atoms with Crippen molar-refractivity contribution in [3.05, 3.63) is 63.8 Å². The number of benzene rings is 2. The lowest BCUT2D eigenvalue weighted by molar-refractivity contribution is 0.103. The molecule has 1 aliphatic carbocycles. The van der Waals surface area contributed by atoms with Gasteiger partial charge in [0.1, 0.15) is 0 Å². The number of likely N-dealkylation sites (tertiary alicyclic amines) is 1. The Morgan fingerprint density at radius 2 is 1.94 bits per heavy atom. The summed E-state index contributed by atoms with van der Waals surface area (Å²) in [6.07, 6.45) is 6.73. The quantitative estimate of drug-likeness (QED) is 0.478. The van der Waals surface area contributed by atoms with Crippen molar-refractivity contribution in [2.75, 3.05) is 38.5 Å². The highest BCUT2D eigenvalue weighted by atomic mass is 16.1. The fraction of sp³-hybridized carbons (Fsp3) is 0.448. The average molecular weight is 457 g/mol. The van der Waals surface area contributed by atoms with E-state index in [2.05, 4.69) is 65.2 Å². The second-order valence-electron chi connectivity index (χ2n) is 10.3. The molecule has 5 rings (SSSR count). The Balaban J connectivity index is 1.51. The fourth-order valence-corrected chi connectivity index (χ4v) is 5.76. The van der Waals surface area contributed by atoms with Gasteiger partial charge < -0.3 is 15.2 Å². The summed E-state index contributed by atoms with van der Waals surface area (Å²) in [4.78, 5) is 24.1. The van der Waals surface area contributed by atoms with E-state index in [0.29, 0.717) is 0 Å². The summed E-state index contributed by atoms with van der Waals surface area (Å²) in [5, 5.41) is 4.70. The molecule has 34 heavy (non-hydrogen) atoms. The number of aliphatic imine (C=N–C) groups is 1. The van der Waals surface area contributed by atoms with Gasteiger partial charge in [0.2, 0.25) is 0 Å². The molecule has 178 valence electrons. The fourth-order valence-electron chi connectivity index (χ4n) is 5.76. The van der Waals surface area contributed by atoms with Gasteiger partial charge in [-0.25, -0.2) is 0 Å². The molecule has 0 bridgehead atoms. The molecule has 3 aromatic rings. The zero-order valence-corrected chi connectivity index (χ0v) is 20.9. The number of carbonyl (C=O) groups excluding carboxylic acids is 1. The van der Waals surface area contributed by atoms with E-state index in [1.807, 2.05) is 12.3 Å². The molecule has 2 heterocycles. The number of H-pyrrole nitrogens is 1. The summed E-state index contributed by atoms with van der Waals surface area (Å²) in [7, 11) is 1.77. The van der Waals surface area contributed by atoms with Crippen molar-refractivity contribution in [1.82, 2.24) is 9.88 Å². The second kappa shape index (κ2) is 9.03. The Bertz CT molecular complexity index is 1260. The Kier molecular flexibility index (Phi) is 6.07. The van der Waals surface area contributed by atoms with Crippen molar-refractivity contribution in [2.45, 2.75) is 51.9 Å². The molecule has 2 N–H and O–H groups in total. The summed E-state index contributed by atoms with van der Waals surface area (Å²) in [6, 6.07) is 10.6. The molecule has 5 nitrogen and oxygen atoms in total. The predicted molar refractivity (Wildman–Crippen MR) is 142 cm³/mol. The first-order chi connectivity index (χ1) is 16.4. The number of rotatable bonds is 6. The van der Waals surface area contributed by atoms with Crippen LogP contribution in [0.1, 0.15) is 78.3 Å². The molecule has 0 amide bonds. The van der Waals surface area contributed by atoms with Gasteiger partial charge in [-0.15, -0.1) is 0 Å². The third-order valence-electron chi connectivity index (χ3n) is 7.69. The highest BCUT2D eigenvalue weighted by Crippen LogP contribution is 2.45. The van der Waals surface area contributed by atoms with Crippen LogP contribution in [0.15, 0.2) is 35.3 Å². The normalized spacial score (nSPS) is 17.8. The first kappa shape index (κ1) is 22.9. The number of nitrogens with one attached hydrogen (secondary N) is 2. The lowest BCUT2D eigenvalue weighted by Gasteiger charge is -2.33. The van der Waals surface area contributed by atoms with E-state index in [9.17, 15) is 4.79 Å². The first-order valence-corrected chi connectivity index (χ1v) is 12.7. The van der Waals surface area contributed by atoms with Crippen molar-refractivity contribution < 1.29 is 4.79 Å². The minimum Gasteiger partial charge on any atom is -0.384 e. The van der Waals surface area contributed by atoms with Crippen LogP contribution in [0.25, 0.3) is 10.9 Å². The molecule has 1 fully saturated rings. The van der Waals surface area contributed by atoms with Crippen LogP contribution < -0.4 is 5.32 Å². The summed E-state index contributed by atoms with van der Waals surface area (Å²) >= 11 is 0. The number of aromatic amines is 1. The van der Waals surface area contributed by atoms with Crippen LogP contribution in [0.3, 0.4) is 0 Å². The van der Waals surface area contributed by atoms with Crippen molar-refractivity contribution in [1.29, 1.82) is 0 Å². The molecule has 0 saturated carbocycles. The van der Waals surface area contributed by atoms with Crippen LogP contribution in [0.2, 0.25) is 0 Å². The van der Waals surface area contributed by atoms with Crippen LogP contribution in [0.4, 0.5) is 5.69 Å². The zero-order chi connectivity index (χ0) is 23.9. The van der Waals surface area contributed by atoms with E-state index in [-0.39, 0.29) is 11.2 Å². The maximum absolute atomic E-state index is 13.8. The second-order valence-corrected chi connectivity index (χ2v) is 10.3. The van der Waals surface area contributed by atoms with Crippen molar-refractivity contribution in [2.24, 2.45) is 4.99 Å². The number of hydrogen-bond donors (Lipinski definition) is 2. The predicted octanol–water partition coefficient (Wildman–Crippen LogP) is 5.55. The number of piperidine rings is 1. The Labute approximate surface area is 202 Å².